The summed E-state index contributed by atoms with van der Waals surface area (Å²) in [4.78, 5) is 26.8. The van der Waals surface area contributed by atoms with Crippen molar-refractivity contribution >= 4 is 28.9 Å². The van der Waals surface area contributed by atoms with Crippen LogP contribution in [0.1, 0.15) is 48.5 Å². The number of carboxylic acids is 1. The Balaban J connectivity index is 0.000000582. The highest BCUT2D eigenvalue weighted by Crippen LogP contribution is 2.39. The number of alkyl halides is 3. The molecule has 0 bridgehead atoms. The number of hydrogen-bond donors (Lipinski definition) is 5. The number of carboxylic acid groups (broad SMARTS) is 1. The van der Waals surface area contributed by atoms with Crippen molar-refractivity contribution in [3.63, 3.8) is 0 Å². The van der Waals surface area contributed by atoms with Crippen LogP contribution in [0.15, 0.2) is 67.0 Å². The minimum atomic E-state index is -5.08. The van der Waals surface area contributed by atoms with E-state index in [2.05, 4.69) is 54.9 Å². The number of tetrazole rings is 1. The fraction of sp³-hybridized carbons (Fsp3) is 0.406. The van der Waals surface area contributed by atoms with E-state index in [4.69, 9.17) is 30.3 Å². The number of anilines is 2. The fourth-order valence-corrected chi connectivity index (χ4v) is 5.93. The number of nitrogens with two attached hydrogens (primary N) is 1. The third-order valence-corrected chi connectivity index (χ3v) is 8.56. The van der Waals surface area contributed by atoms with Gasteiger partial charge in [0, 0.05) is 31.6 Å². The lowest BCUT2D eigenvalue weighted by Crippen LogP contribution is -2.30. The number of hydrogen-bond acceptors (Lipinski definition) is 13. The van der Waals surface area contributed by atoms with Crippen LogP contribution in [0, 0.1) is 0 Å². The summed E-state index contributed by atoms with van der Waals surface area (Å²) in [5.74, 6) is -1.46. The number of carbonyl (C=O) groups is 1. The first-order chi connectivity index (χ1) is 24.4. The second-order valence-corrected chi connectivity index (χ2v) is 12.0. The van der Waals surface area contributed by atoms with Crippen LogP contribution in [-0.2, 0) is 16.1 Å². The third kappa shape index (κ3) is 7.75. The van der Waals surface area contributed by atoms with Crippen molar-refractivity contribution in [2.24, 2.45) is 5.73 Å². The number of fused-ring (bicyclic) bond motifs is 1. The van der Waals surface area contributed by atoms with Crippen molar-refractivity contribution in [1.29, 1.82) is 0 Å². The fourth-order valence-electron chi connectivity index (χ4n) is 5.93. The summed E-state index contributed by atoms with van der Waals surface area (Å²) in [6.07, 6.45) is -7.24. The molecule has 2 aliphatic heterocycles. The molecule has 2 saturated heterocycles. The summed E-state index contributed by atoms with van der Waals surface area (Å²) >= 11 is 0. The van der Waals surface area contributed by atoms with E-state index in [0.717, 1.165) is 13.0 Å². The van der Waals surface area contributed by atoms with E-state index in [-0.39, 0.29) is 17.8 Å². The Hall–Kier alpha value is -5.24. The predicted octanol–water partition coefficient (Wildman–Crippen LogP) is 2.24. The summed E-state index contributed by atoms with van der Waals surface area (Å²) in [7, 11) is 0. The number of aliphatic hydroxyl groups is 2. The van der Waals surface area contributed by atoms with Crippen LogP contribution in [0.5, 0.6) is 0 Å². The van der Waals surface area contributed by atoms with E-state index in [9.17, 15) is 23.4 Å². The maximum Gasteiger partial charge on any atom is 0.490 e. The smallest absolute Gasteiger partial charge is 0.475 e. The number of imidazole rings is 1. The molecule has 16 nitrogen and oxygen atoms in total. The van der Waals surface area contributed by atoms with Crippen molar-refractivity contribution in [2.45, 2.75) is 62.6 Å². The number of nitrogens with one attached hydrogen (secondary N) is 1. The van der Waals surface area contributed by atoms with Crippen LogP contribution in [0.3, 0.4) is 0 Å². The Bertz CT molecular complexity index is 1890. The largest absolute Gasteiger partial charge is 0.490 e. The number of aliphatic hydroxyl groups excluding tert-OH is 2. The molecule has 5 aromatic rings. The van der Waals surface area contributed by atoms with Gasteiger partial charge >= 0.3 is 12.1 Å². The molecule has 0 spiro atoms. The van der Waals surface area contributed by atoms with Crippen LogP contribution in [0.2, 0.25) is 0 Å². The van der Waals surface area contributed by atoms with Gasteiger partial charge in [-0.05, 0) is 29.7 Å². The molecule has 270 valence electrons. The Morgan fingerprint density at radius 3 is 2.25 bits per heavy atom. The second-order valence-electron chi connectivity index (χ2n) is 12.0. The summed E-state index contributed by atoms with van der Waals surface area (Å²) in [5.41, 5.74) is 9.55. The molecular formula is C32H36F3N11O5. The number of benzene rings is 2. The van der Waals surface area contributed by atoms with Gasteiger partial charge in [-0.1, -0.05) is 60.7 Å². The van der Waals surface area contributed by atoms with Crippen LogP contribution >= 0.6 is 0 Å². The number of aryl methyl sites for hydroxylation is 1. The summed E-state index contributed by atoms with van der Waals surface area (Å²) in [6.45, 7) is 4.29. The van der Waals surface area contributed by atoms with E-state index in [1.807, 2.05) is 43.3 Å². The lowest BCUT2D eigenvalue weighted by atomic mass is 9.91. The van der Waals surface area contributed by atoms with Crippen LogP contribution in [0.4, 0.5) is 24.9 Å². The van der Waals surface area contributed by atoms with Crippen molar-refractivity contribution in [3.05, 3.63) is 83.9 Å². The van der Waals surface area contributed by atoms with Crippen LogP contribution < -0.4 is 16.0 Å². The Morgan fingerprint density at radius 2 is 1.71 bits per heavy atom. The lowest BCUT2D eigenvalue weighted by Gasteiger charge is -2.21. The molecule has 5 atom stereocenters. The average molecular weight is 712 g/mol. The second kappa shape index (κ2) is 14.9. The molecule has 19 heteroatoms. The number of aromatic nitrogens is 8. The molecule has 7 rings (SSSR count). The molecule has 2 aliphatic rings. The SMILES string of the molecule is CCn1nnc([C@H]2O[C@@H](n3cnc4c(NCC(c5ccccc5)c5ccccc5)nc(N5CC[C@@H](N)C5)nc43)[C@H](O)[C@@H]2O)n1.O=C(O)C(F)(F)F. The molecule has 51 heavy (non-hydrogen) atoms. The van der Waals surface area contributed by atoms with E-state index in [1.54, 1.807) is 10.9 Å². The van der Waals surface area contributed by atoms with Gasteiger partial charge in [0.1, 0.15) is 12.2 Å². The minimum Gasteiger partial charge on any atom is -0.475 e. The maximum atomic E-state index is 11.1. The standard InChI is InChI=1S/C30H35N11O3.C2HF3O2/c1-2-41-37-27(36-38-41)25-23(42)24(43)29(44-25)40-17-33-22-26(34-30(35-28(22)40)39-14-13-20(31)16-39)32-15-21(18-9-5-3-6-10-18)19-11-7-4-8-12-19;3-2(4,5)1(6)7/h3-12,17,20-21,23-25,29,42-43H,2,13-16,31H2,1H3,(H,32,34,35);(H,6,7)/t20-,23+,24-,25+,29-;/m1./s1. The van der Waals surface area contributed by atoms with Crippen molar-refractivity contribution in [2.75, 3.05) is 29.9 Å². The summed E-state index contributed by atoms with van der Waals surface area (Å²) in [5, 5.41) is 45.0. The molecule has 3 aromatic heterocycles. The highest BCUT2D eigenvalue weighted by Gasteiger charge is 2.47. The Labute approximate surface area is 288 Å². The molecule has 2 aromatic carbocycles. The van der Waals surface area contributed by atoms with Crippen molar-refractivity contribution in [3.8, 4) is 0 Å². The quantitative estimate of drug-likeness (QED) is 0.148. The number of rotatable bonds is 9. The molecule has 0 saturated carbocycles. The van der Waals surface area contributed by atoms with E-state index >= 15 is 0 Å². The van der Waals surface area contributed by atoms with Gasteiger partial charge in [-0.2, -0.15) is 27.9 Å². The maximum absolute atomic E-state index is 11.1. The number of halogens is 3. The summed E-state index contributed by atoms with van der Waals surface area (Å²) < 4.78 is 39.5. The highest BCUT2D eigenvalue weighted by molar-refractivity contribution is 5.84. The van der Waals surface area contributed by atoms with Gasteiger partial charge in [-0.15, -0.1) is 10.2 Å². The first-order valence-electron chi connectivity index (χ1n) is 16.1. The zero-order valence-electron chi connectivity index (χ0n) is 27.2. The van der Waals surface area contributed by atoms with Gasteiger partial charge in [0.25, 0.3) is 0 Å². The van der Waals surface area contributed by atoms with Gasteiger partial charge in [-0.25, -0.2) is 9.78 Å². The van der Waals surface area contributed by atoms with Crippen molar-refractivity contribution < 1.29 is 38.0 Å². The first kappa shape index (κ1) is 35.6. The lowest BCUT2D eigenvalue weighted by molar-refractivity contribution is -0.192. The van der Waals surface area contributed by atoms with Gasteiger partial charge in [0.2, 0.25) is 11.8 Å². The van der Waals surface area contributed by atoms with Gasteiger partial charge < -0.3 is 36.0 Å². The van der Waals surface area contributed by atoms with E-state index in [1.165, 1.54) is 15.9 Å². The zero-order chi connectivity index (χ0) is 36.3. The minimum absolute atomic E-state index is 0.0242. The highest BCUT2D eigenvalue weighted by atomic mass is 19.4. The van der Waals surface area contributed by atoms with Gasteiger partial charge in [0.15, 0.2) is 29.3 Å². The van der Waals surface area contributed by atoms with Gasteiger partial charge in [0.05, 0.1) is 12.9 Å². The van der Waals surface area contributed by atoms with Gasteiger partial charge in [-0.3, -0.25) is 4.57 Å². The molecule has 0 amide bonds. The third-order valence-electron chi connectivity index (χ3n) is 8.56. The monoisotopic (exact) mass is 711 g/mol. The van der Waals surface area contributed by atoms with E-state index < -0.39 is 36.7 Å². The normalized spacial score (nSPS) is 22.0. The summed E-state index contributed by atoms with van der Waals surface area (Å²) in [6, 6.07) is 20.7. The molecule has 0 radical (unpaired) electrons. The number of nitrogens with zero attached hydrogens (tertiary/aromatic N) is 9. The molecule has 2 fully saturated rings. The first-order valence-corrected chi connectivity index (χ1v) is 16.1. The number of aliphatic carboxylic acids is 1. The molecular weight excluding hydrogens is 675 g/mol. The molecule has 6 N–H and O–H groups in total. The topological polar surface area (TPSA) is 215 Å². The molecule has 0 aliphatic carbocycles. The van der Waals surface area contributed by atoms with Crippen molar-refractivity contribution in [1.82, 2.24) is 39.7 Å². The Morgan fingerprint density at radius 1 is 1.06 bits per heavy atom. The van der Waals surface area contributed by atoms with E-state index in [0.29, 0.717) is 42.6 Å². The zero-order valence-corrected chi connectivity index (χ0v) is 27.2. The van der Waals surface area contributed by atoms with Crippen LogP contribution in [0.25, 0.3) is 11.2 Å². The predicted molar refractivity (Wildman–Crippen MR) is 175 cm³/mol. The molecule has 5 heterocycles. The number of ether oxygens (including phenoxy) is 1. The Kier molecular flexibility index (Phi) is 10.4. The van der Waals surface area contributed by atoms with Crippen LogP contribution in [-0.4, -0.2) is 105 Å². The molecule has 0 unspecified atom stereocenters. The average Bonchev–Trinajstić information content (AvgIpc) is 3.93.